The van der Waals surface area contributed by atoms with Crippen molar-refractivity contribution in [1.82, 2.24) is 24.7 Å². The summed E-state index contributed by atoms with van der Waals surface area (Å²) >= 11 is 1.28. The zero-order valence-corrected chi connectivity index (χ0v) is 19.2. The summed E-state index contributed by atoms with van der Waals surface area (Å²) < 4.78 is 17.0. The van der Waals surface area contributed by atoms with E-state index in [0.29, 0.717) is 27.9 Å². The number of rotatable bonds is 4. The fraction of sp³-hybridized carbons (Fsp3) is 0.318. The van der Waals surface area contributed by atoms with Crippen LogP contribution < -0.4 is 16.4 Å². The Balaban J connectivity index is 1.38. The number of aromatic nitrogens is 5. The highest BCUT2D eigenvalue weighted by molar-refractivity contribution is 7.15. The van der Waals surface area contributed by atoms with E-state index in [1.807, 2.05) is 27.0 Å². The highest BCUT2D eigenvalue weighted by Gasteiger charge is 2.28. The van der Waals surface area contributed by atoms with E-state index >= 15 is 0 Å². The van der Waals surface area contributed by atoms with Crippen LogP contribution in [0.25, 0.3) is 22.2 Å². The Morgan fingerprint density at radius 1 is 1.21 bits per heavy atom. The van der Waals surface area contributed by atoms with Gasteiger partial charge in [-0.3, -0.25) is 5.32 Å². The Kier molecular flexibility index (Phi) is 5.00. The topological polar surface area (TPSA) is 124 Å². The lowest BCUT2D eigenvalue weighted by Gasteiger charge is -2.12. The van der Waals surface area contributed by atoms with Crippen molar-refractivity contribution < 1.29 is 9.18 Å². The Hall–Kier alpha value is -3.60. The summed E-state index contributed by atoms with van der Waals surface area (Å²) in [5.41, 5.74) is 8.14. The first-order chi connectivity index (χ1) is 15.7. The van der Waals surface area contributed by atoms with Gasteiger partial charge in [-0.25, -0.2) is 19.2 Å². The maximum Gasteiger partial charge on any atom is 0.325 e. The van der Waals surface area contributed by atoms with Crippen molar-refractivity contribution in [1.29, 1.82) is 0 Å². The Morgan fingerprint density at radius 3 is 2.67 bits per heavy atom. The molecule has 0 saturated heterocycles. The van der Waals surface area contributed by atoms with Gasteiger partial charge in [0, 0.05) is 23.2 Å². The van der Waals surface area contributed by atoms with Crippen molar-refractivity contribution in [3.05, 3.63) is 41.5 Å². The second-order valence-electron chi connectivity index (χ2n) is 9.07. The number of nitrogens with two attached hydrogens (primary N) is 1. The van der Waals surface area contributed by atoms with Gasteiger partial charge in [-0.2, -0.15) is 0 Å². The number of hydrogen-bond donors (Lipinski definition) is 3. The normalized spacial score (nSPS) is 13.9. The SMILES string of the molecule is CC(C)(C)c1nnc(NC(=O)Nc2ccc(-c3cn(C4CC4)c4ncnc(N)c34)cc2F)s1. The Bertz CT molecular complexity index is 1370. The third-order valence-corrected chi connectivity index (χ3v) is 6.66. The minimum absolute atomic E-state index is 0.0481. The molecule has 33 heavy (non-hydrogen) atoms. The van der Waals surface area contributed by atoms with Crippen LogP contribution in [0.4, 0.5) is 25.8 Å². The van der Waals surface area contributed by atoms with Gasteiger partial charge in [-0.05, 0) is 30.5 Å². The number of carbonyl (C=O) groups is 1. The number of fused-ring (bicyclic) bond motifs is 1. The lowest BCUT2D eigenvalue weighted by atomic mass is 9.98. The van der Waals surface area contributed by atoms with Gasteiger partial charge in [0.2, 0.25) is 5.13 Å². The average Bonchev–Trinajstić information content (AvgIpc) is 3.34. The van der Waals surface area contributed by atoms with Crippen LogP contribution in [0.1, 0.15) is 44.7 Å². The molecule has 0 spiro atoms. The molecule has 3 aromatic heterocycles. The molecule has 1 aliphatic carbocycles. The summed E-state index contributed by atoms with van der Waals surface area (Å²) in [5, 5.41) is 15.0. The monoisotopic (exact) mass is 466 g/mol. The number of nitrogens with one attached hydrogen (secondary N) is 2. The van der Waals surface area contributed by atoms with Crippen LogP contribution in [0, 0.1) is 5.82 Å². The van der Waals surface area contributed by atoms with Crippen molar-refractivity contribution in [2.45, 2.75) is 45.1 Å². The summed E-state index contributed by atoms with van der Waals surface area (Å²) in [7, 11) is 0. The number of urea groups is 1. The zero-order chi connectivity index (χ0) is 23.3. The second kappa shape index (κ2) is 7.77. The molecule has 11 heteroatoms. The molecule has 4 aromatic rings. The molecule has 0 atom stereocenters. The third kappa shape index (κ3) is 4.11. The summed E-state index contributed by atoms with van der Waals surface area (Å²) in [6.45, 7) is 6.03. The van der Waals surface area contributed by atoms with Crippen LogP contribution in [0.5, 0.6) is 0 Å². The molecular weight excluding hydrogens is 443 g/mol. The first kappa shape index (κ1) is 21.3. The molecule has 9 nitrogen and oxygen atoms in total. The van der Waals surface area contributed by atoms with Crippen molar-refractivity contribution in [3.8, 4) is 11.1 Å². The number of benzene rings is 1. The van der Waals surface area contributed by atoms with E-state index in [0.717, 1.165) is 29.1 Å². The van der Waals surface area contributed by atoms with E-state index in [2.05, 4.69) is 35.4 Å². The van der Waals surface area contributed by atoms with E-state index in [4.69, 9.17) is 5.73 Å². The lowest BCUT2D eigenvalue weighted by molar-refractivity contribution is 0.262. The molecule has 0 bridgehead atoms. The van der Waals surface area contributed by atoms with Crippen LogP contribution in [-0.2, 0) is 5.41 Å². The third-order valence-electron chi connectivity index (χ3n) is 5.39. The van der Waals surface area contributed by atoms with Gasteiger partial charge in [0.1, 0.15) is 28.6 Å². The fourth-order valence-electron chi connectivity index (χ4n) is 3.57. The molecule has 4 N–H and O–H groups in total. The Labute approximate surface area is 193 Å². The van der Waals surface area contributed by atoms with Crippen molar-refractivity contribution in [2.75, 3.05) is 16.4 Å². The van der Waals surface area contributed by atoms with Gasteiger partial charge in [-0.15, -0.1) is 10.2 Å². The summed E-state index contributed by atoms with van der Waals surface area (Å²) in [6, 6.07) is 4.41. The molecule has 1 aromatic carbocycles. The molecule has 0 aliphatic heterocycles. The molecule has 5 rings (SSSR count). The highest BCUT2D eigenvalue weighted by atomic mass is 32.1. The van der Waals surface area contributed by atoms with Crippen molar-refractivity contribution >= 4 is 45.0 Å². The van der Waals surface area contributed by atoms with Crippen LogP contribution in [0.3, 0.4) is 0 Å². The van der Waals surface area contributed by atoms with E-state index in [1.165, 1.54) is 29.8 Å². The zero-order valence-electron chi connectivity index (χ0n) is 18.4. The van der Waals surface area contributed by atoms with Crippen LogP contribution in [-0.4, -0.2) is 30.8 Å². The van der Waals surface area contributed by atoms with Gasteiger partial charge in [0.25, 0.3) is 0 Å². The average molecular weight is 467 g/mol. The quantitative estimate of drug-likeness (QED) is 0.391. The van der Waals surface area contributed by atoms with Gasteiger partial charge in [0.15, 0.2) is 0 Å². The molecule has 170 valence electrons. The van der Waals surface area contributed by atoms with E-state index < -0.39 is 11.8 Å². The summed E-state index contributed by atoms with van der Waals surface area (Å²) in [4.78, 5) is 20.9. The predicted molar refractivity (Wildman–Crippen MR) is 127 cm³/mol. The molecule has 1 saturated carbocycles. The molecular formula is C22H23FN8OS. The van der Waals surface area contributed by atoms with Gasteiger partial charge in [0.05, 0.1) is 11.1 Å². The van der Waals surface area contributed by atoms with Gasteiger partial charge in [-0.1, -0.05) is 38.2 Å². The minimum Gasteiger partial charge on any atom is -0.383 e. The van der Waals surface area contributed by atoms with E-state index in [-0.39, 0.29) is 11.1 Å². The molecule has 3 heterocycles. The maximum atomic E-state index is 14.9. The van der Waals surface area contributed by atoms with E-state index in [9.17, 15) is 9.18 Å². The summed E-state index contributed by atoms with van der Waals surface area (Å²) in [5.74, 6) is -0.221. The number of nitrogen functional groups attached to an aromatic ring is 1. The lowest BCUT2D eigenvalue weighted by Crippen LogP contribution is -2.20. The molecule has 1 fully saturated rings. The first-order valence-electron chi connectivity index (χ1n) is 10.5. The number of carbonyl (C=O) groups excluding carboxylic acids is 1. The number of amides is 2. The number of hydrogen-bond acceptors (Lipinski definition) is 7. The van der Waals surface area contributed by atoms with Gasteiger partial charge >= 0.3 is 6.03 Å². The second-order valence-corrected chi connectivity index (χ2v) is 10.1. The molecule has 0 unspecified atom stereocenters. The largest absolute Gasteiger partial charge is 0.383 e. The summed E-state index contributed by atoms with van der Waals surface area (Å²) in [6.07, 6.45) is 5.54. The molecule has 0 radical (unpaired) electrons. The van der Waals surface area contributed by atoms with Crippen LogP contribution in [0.2, 0.25) is 0 Å². The molecule has 2 amide bonds. The number of halogens is 1. The van der Waals surface area contributed by atoms with Crippen LogP contribution in [0.15, 0.2) is 30.7 Å². The van der Waals surface area contributed by atoms with Gasteiger partial charge < -0.3 is 15.6 Å². The van der Waals surface area contributed by atoms with E-state index in [1.54, 1.807) is 6.07 Å². The minimum atomic E-state index is -0.596. The van der Waals surface area contributed by atoms with Crippen molar-refractivity contribution in [3.63, 3.8) is 0 Å². The highest BCUT2D eigenvalue weighted by Crippen LogP contribution is 2.42. The number of nitrogens with zero attached hydrogens (tertiary/aromatic N) is 5. The first-order valence-corrected chi connectivity index (χ1v) is 11.4. The molecule has 1 aliphatic rings. The standard InChI is InChI=1S/C22H23FN8OS/c1-22(2,3)19-29-30-21(33-19)28-20(32)27-15-7-4-11(8-14(15)23)13-9-31(12-5-6-12)18-16(13)17(24)25-10-26-18/h4,7-10,12H,5-6H2,1-3H3,(H2,24,25,26)(H2,27,28,30,32). The maximum absolute atomic E-state index is 14.9. The van der Waals surface area contributed by atoms with Crippen molar-refractivity contribution in [2.24, 2.45) is 0 Å². The Morgan fingerprint density at radius 2 is 2.00 bits per heavy atom. The number of anilines is 3. The predicted octanol–water partition coefficient (Wildman–Crippen LogP) is 4.95. The van der Waals surface area contributed by atoms with Crippen LogP contribution >= 0.6 is 11.3 Å². The smallest absolute Gasteiger partial charge is 0.325 e. The fourth-order valence-corrected chi connectivity index (χ4v) is 4.37.